The van der Waals surface area contributed by atoms with Crippen LogP contribution in [0, 0.1) is 0 Å². The van der Waals surface area contributed by atoms with Crippen LogP contribution < -0.4 is 0 Å². The molecule has 0 saturated carbocycles. The topological polar surface area (TPSA) is 101 Å². The summed E-state index contributed by atoms with van der Waals surface area (Å²) in [6, 6.07) is 0. The molecule has 4 atom stereocenters. The molecule has 9 nitrogen and oxygen atoms in total. The molecule has 3 aliphatic heterocycles. The number of esters is 2. The van der Waals surface area contributed by atoms with Crippen LogP contribution in [0.15, 0.2) is 11.8 Å². The predicted octanol–water partition coefficient (Wildman–Crippen LogP) is 0.0412. The first-order valence-electron chi connectivity index (χ1n) is 7.52. The molecule has 9 heteroatoms. The van der Waals surface area contributed by atoms with Crippen LogP contribution in [-0.2, 0) is 38.1 Å². The molecule has 0 unspecified atom stereocenters. The first-order chi connectivity index (χ1) is 11.2. The molecule has 0 aromatic carbocycles. The maximum absolute atomic E-state index is 12.0. The van der Waals surface area contributed by atoms with Gasteiger partial charge in [-0.3, -0.25) is 14.5 Å². The standard InChI is InChI=1S/C15H19NO8/c1-7(17)21-14-12(23-15(2,3)24-14)9-5-8(13(19)20-4)16-10(18)6-11(16)22-9/h5,9,11-12,14H,6H2,1-4H3/t9-,11+,12+,14+/m0/s1. The summed E-state index contributed by atoms with van der Waals surface area (Å²) in [5.74, 6) is -2.39. The zero-order chi connectivity index (χ0) is 17.6. The highest BCUT2D eigenvalue weighted by Crippen LogP contribution is 2.38. The third kappa shape index (κ3) is 2.90. The highest BCUT2D eigenvalue weighted by atomic mass is 16.8. The summed E-state index contributed by atoms with van der Waals surface area (Å²) in [4.78, 5) is 36.2. The van der Waals surface area contributed by atoms with Crippen molar-refractivity contribution in [2.45, 2.75) is 57.7 Å². The van der Waals surface area contributed by atoms with Gasteiger partial charge in [0.25, 0.3) is 0 Å². The summed E-state index contributed by atoms with van der Waals surface area (Å²) < 4.78 is 27.0. The Morgan fingerprint density at radius 1 is 1.33 bits per heavy atom. The molecule has 1 amide bonds. The molecule has 0 aromatic heterocycles. The minimum absolute atomic E-state index is 0.0879. The molecule has 24 heavy (non-hydrogen) atoms. The van der Waals surface area contributed by atoms with Crippen LogP contribution in [0.3, 0.4) is 0 Å². The second-order valence-corrected chi connectivity index (χ2v) is 6.14. The Kier molecular flexibility index (Phi) is 4.10. The number of fused-ring (bicyclic) bond motifs is 1. The fraction of sp³-hybridized carbons (Fsp3) is 0.667. The van der Waals surface area contributed by atoms with Gasteiger partial charge in [0, 0.05) is 6.92 Å². The summed E-state index contributed by atoms with van der Waals surface area (Å²) in [6.45, 7) is 4.61. The number of β-lactam (4-membered cyclic amide) rings is 1. The van der Waals surface area contributed by atoms with Gasteiger partial charge >= 0.3 is 11.9 Å². The van der Waals surface area contributed by atoms with Gasteiger partial charge in [-0.15, -0.1) is 0 Å². The molecule has 0 aromatic rings. The molecule has 0 radical (unpaired) electrons. The van der Waals surface area contributed by atoms with E-state index in [1.54, 1.807) is 13.8 Å². The molecule has 0 spiro atoms. The number of methoxy groups -OCH3 is 1. The maximum Gasteiger partial charge on any atom is 0.354 e. The normalized spacial score (nSPS) is 34.1. The van der Waals surface area contributed by atoms with Gasteiger partial charge in [0.2, 0.25) is 12.2 Å². The van der Waals surface area contributed by atoms with Crippen LogP contribution in [0.4, 0.5) is 0 Å². The van der Waals surface area contributed by atoms with E-state index in [9.17, 15) is 14.4 Å². The average Bonchev–Trinajstić information content (AvgIpc) is 2.78. The fourth-order valence-electron chi connectivity index (χ4n) is 2.92. The van der Waals surface area contributed by atoms with E-state index < -0.39 is 42.5 Å². The molecule has 3 heterocycles. The maximum atomic E-state index is 12.0. The second kappa shape index (κ2) is 5.83. The van der Waals surface area contributed by atoms with Gasteiger partial charge in [0.15, 0.2) is 11.9 Å². The lowest BCUT2D eigenvalue weighted by atomic mass is 10.0. The van der Waals surface area contributed by atoms with Crippen molar-refractivity contribution in [3.05, 3.63) is 11.8 Å². The van der Waals surface area contributed by atoms with Crippen molar-refractivity contribution in [1.82, 2.24) is 4.90 Å². The Morgan fingerprint density at radius 3 is 2.62 bits per heavy atom. The summed E-state index contributed by atoms with van der Waals surface area (Å²) in [7, 11) is 1.23. The largest absolute Gasteiger partial charge is 0.464 e. The van der Waals surface area contributed by atoms with Crippen molar-refractivity contribution in [2.75, 3.05) is 7.11 Å². The average molecular weight is 341 g/mol. The molecule has 3 aliphatic rings. The lowest BCUT2D eigenvalue weighted by molar-refractivity contribution is -0.201. The van der Waals surface area contributed by atoms with Crippen molar-refractivity contribution in [3.63, 3.8) is 0 Å². The Bertz CT molecular complexity index is 613. The molecule has 2 fully saturated rings. The first kappa shape index (κ1) is 16.9. The van der Waals surface area contributed by atoms with Gasteiger partial charge < -0.3 is 23.7 Å². The Labute approximate surface area is 138 Å². The van der Waals surface area contributed by atoms with Gasteiger partial charge in [0.1, 0.15) is 18.0 Å². The highest BCUT2D eigenvalue weighted by Gasteiger charge is 2.53. The number of hydrogen-bond donors (Lipinski definition) is 0. The number of rotatable bonds is 3. The number of hydrogen-bond acceptors (Lipinski definition) is 8. The third-order valence-corrected chi connectivity index (χ3v) is 3.89. The Morgan fingerprint density at radius 2 is 2.04 bits per heavy atom. The lowest BCUT2D eigenvalue weighted by Crippen LogP contribution is -2.60. The molecular formula is C15H19NO8. The number of carbonyl (C=O) groups is 3. The summed E-state index contributed by atoms with van der Waals surface area (Å²) in [5, 5.41) is 0. The molecule has 132 valence electrons. The monoisotopic (exact) mass is 341 g/mol. The Balaban J connectivity index is 1.88. The smallest absolute Gasteiger partial charge is 0.354 e. The van der Waals surface area contributed by atoms with E-state index in [-0.39, 0.29) is 18.0 Å². The second-order valence-electron chi connectivity index (χ2n) is 6.14. The third-order valence-electron chi connectivity index (χ3n) is 3.89. The predicted molar refractivity (Wildman–Crippen MR) is 75.8 cm³/mol. The van der Waals surface area contributed by atoms with Crippen molar-refractivity contribution < 1.29 is 38.1 Å². The van der Waals surface area contributed by atoms with Crippen LogP contribution >= 0.6 is 0 Å². The molecule has 0 aliphatic carbocycles. The van der Waals surface area contributed by atoms with Crippen molar-refractivity contribution >= 4 is 17.8 Å². The van der Waals surface area contributed by atoms with E-state index in [4.69, 9.17) is 23.7 Å². The van der Waals surface area contributed by atoms with E-state index in [2.05, 4.69) is 0 Å². The molecule has 0 N–H and O–H groups in total. The van der Waals surface area contributed by atoms with E-state index in [0.717, 1.165) is 0 Å². The first-order valence-corrected chi connectivity index (χ1v) is 7.52. The van der Waals surface area contributed by atoms with E-state index in [1.165, 1.54) is 25.0 Å². The van der Waals surface area contributed by atoms with Crippen LogP contribution in [-0.4, -0.2) is 60.4 Å². The van der Waals surface area contributed by atoms with Crippen LogP contribution in [0.25, 0.3) is 0 Å². The number of nitrogens with zero attached hydrogens (tertiary/aromatic N) is 1. The molecule has 2 saturated heterocycles. The number of carbonyl (C=O) groups excluding carboxylic acids is 3. The summed E-state index contributed by atoms with van der Waals surface area (Å²) >= 11 is 0. The lowest BCUT2D eigenvalue weighted by Gasteiger charge is -2.45. The summed E-state index contributed by atoms with van der Waals surface area (Å²) in [6.07, 6.45) is -1.49. The SMILES string of the molecule is COC(=O)C1=C[C@@H]([C@H]2OC(C)(C)O[C@H]2OC(C)=O)O[C@@H]2CC(=O)N12. The van der Waals surface area contributed by atoms with Crippen LogP contribution in [0.1, 0.15) is 27.2 Å². The number of ether oxygens (including phenoxy) is 5. The number of amides is 1. The van der Waals surface area contributed by atoms with E-state index in [1.807, 2.05) is 0 Å². The van der Waals surface area contributed by atoms with Gasteiger partial charge in [-0.2, -0.15) is 0 Å². The quantitative estimate of drug-likeness (QED) is 0.524. The minimum Gasteiger partial charge on any atom is -0.464 e. The van der Waals surface area contributed by atoms with E-state index >= 15 is 0 Å². The molecule has 3 rings (SSSR count). The van der Waals surface area contributed by atoms with Gasteiger partial charge in [0.05, 0.1) is 13.5 Å². The minimum atomic E-state index is -0.986. The van der Waals surface area contributed by atoms with Crippen LogP contribution in [0.2, 0.25) is 0 Å². The van der Waals surface area contributed by atoms with Crippen molar-refractivity contribution in [2.24, 2.45) is 0 Å². The van der Waals surface area contributed by atoms with Gasteiger partial charge in [-0.25, -0.2) is 4.79 Å². The zero-order valence-electron chi connectivity index (χ0n) is 13.8. The zero-order valence-corrected chi connectivity index (χ0v) is 13.8. The highest BCUT2D eigenvalue weighted by molar-refractivity contribution is 5.97. The van der Waals surface area contributed by atoms with Crippen LogP contribution in [0.5, 0.6) is 0 Å². The summed E-state index contributed by atoms with van der Waals surface area (Å²) in [5.41, 5.74) is 0.0879. The van der Waals surface area contributed by atoms with E-state index in [0.29, 0.717) is 0 Å². The Hall–Kier alpha value is -1.97. The van der Waals surface area contributed by atoms with Crippen molar-refractivity contribution in [1.29, 1.82) is 0 Å². The molecule has 0 bridgehead atoms. The van der Waals surface area contributed by atoms with Crippen molar-refractivity contribution in [3.8, 4) is 0 Å². The van der Waals surface area contributed by atoms with Gasteiger partial charge in [-0.05, 0) is 19.9 Å². The molecular weight excluding hydrogens is 322 g/mol. The van der Waals surface area contributed by atoms with Gasteiger partial charge in [-0.1, -0.05) is 0 Å². The fourth-order valence-corrected chi connectivity index (χ4v) is 2.92.